The average Bonchev–Trinajstić information content (AvgIpc) is 2.11. The number of hydrogen-bond donors (Lipinski definition) is 0. The monoisotopic (exact) mass is 245 g/mol. The second-order valence-electron chi connectivity index (χ2n) is 2.13. The van der Waals surface area contributed by atoms with Gasteiger partial charge in [-0.25, -0.2) is 4.39 Å². The van der Waals surface area contributed by atoms with E-state index in [4.69, 9.17) is 10.3 Å². The molecular formula is C7H5BrFN3O. The van der Waals surface area contributed by atoms with Crippen LogP contribution in [0.4, 0.5) is 10.1 Å². The van der Waals surface area contributed by atoms with Crippen LogP contribution in [0, 0.1) is 5.82 Å². The standard InChI is InChI=1S/C7H5BrFN3O/c1-13-7-2-4(8)5(9)3-6(7)11-12-10/h2-3H,1H3. The molecule has 0 atom stereocenters. The lowest BCUT2D eigenvalue weighted by atomic mass is 10.3. The van der Waals surface area contributed by atoms with Crippen LogP contribution in [0.1, 0.15) is 0 Å². The molecule has 0 fully saturated rings. The molecule has 0 unspecified atom stereocenters. The molecule has 13 heavy (non-hydrogen) atoms. The van der Waals surface area contributed by atoms with E-state index in [-0.39, 0.29) is 10.2 Å². The Morgan fingerprint density at radius 2 is 2.31 bits per heavy atom. The van der Waals surface area contributed by atoms with Crippen LogP contribution >= 0.6 is 15.9 Å². The average molecular weight is 246 g/mol. The molecule has 68 valence electrons. The number of methoxy groups -OCH3 is 1. The van der Waals surface area contributed by atoms with Crippen LogP contribution in [-0.2, 0) is 0 Å². The summed E-state index contributed by atoms with van der Waals surface area (Å²) in [5.74, 6) is -0.172. The van der Waals surface area contributed by atoms with Crippen molar-refractivity contribution in [2.24, 2.45) is 5.11 Å². The first kappa shape index (κ1) is 9.83. The van der Waals surface area contributed by atoms with Crippen molar-refractivity contribution in [1.82, 2.24) is 0 Å². The Morgan fingerprint density at radius 1 is 1.62 bits per heavy atom. The normalized spacial score (nSPS) is 9.15. The Kier molecular flexibility index (Phi) is 3.11. The first-order valence-corrected chi connectivity index (χ1v) is 4.06. The van der Waals surface area contributed by atoms with Crippen LogP contribution in [-0.4, -0.2) is 7.11 Å². The zero-order valence-electron chi connectivity index (χ0n) is 6.66. The summed E-state index contributed by atoms with van der Waals surface area (Å²) in [5.41, 5.74) is 8.30. The molecule has 0 amide bonds. The van der Waals surface area contributed by atoms with E-state index in [0.29, 0.717) is 5.75 Å². The van der Waals surface area contributed by atoms with Crippen molar-refractivity contribution in [3.8, 4) is 5.75 Å². The van der Waals surface area contributed by atoms with Crippen molar-refractivity contribution in [3.05, 3.63) is 32.9 Å². The number of ether oxygens (including phenoxy) is 1. The minimum Gasteiger partial charge on any atom is -0.496 e. The van der Waals surface area contributed by atoms with Crippen LogP contribution < -0.4 is 4.74 Å². The van der Waals surface area contributed by atoms with E-state index < -0.39 is 5.82 Å². The molecule has 0 heterocycles. The van der Waals surface area contributed by atoms with Crippen LogP contribution in [0.2, 0.25) is 0 Å². The van der Waals surface area contributed by atoms with E-state index in [0.717, 1.165) is 6.07 Å². The highest BCUT2D eigenvalue weighted by atomic mass is 79.9. The Labute approximate surface area is 82.1 Å². The van der Waals surface area contributed by atoms with E-state index >= 15 is 0 Å². The zero-order chi connectivity index (χ0) is 9.84. The molecule has 0 spiro atoms. The first-order chi connectivity index (χ1) is 6.19. The molecule has 0 aliphatic rings. The van der Waals surface area contributed by atoms with Crippen LogP contribution in [0.3, 0.4) is 0 Å². The zero-order valence-corrected chi connectivity index (χ0v) is 8.25. The van der Waals surface area contributed by atoms with Crippen LogP contribution in [0.5, 0.6) is 5.75 Å². The van der Waals surface area contributed by atoms with Crippen LogP contribution in [0.25, 0.3) is 10.4 Å². The van der Waals surface area contributed by atoms with Gasteiger partial charge >= 0.3 is 0 Å². The van der Waals surface area contributed by atoms with Crippen LogP contribution in [0.15, 0.2) is 21.7 Å². The SMILES string of the molecule is COc1cc(Br)c(F)cc1N=[N+]=[N-]. The van der Waals surface area contributed by atoms with Gasteiger partial charge in [0, 0.05) is 4.91 Å². The van der Waals surface area contributed by atoms with Gasteiger partial charge in [-0.2, -0.15) is 0 Å². The fourth-order valence-electron chi connectivity index (χ4n) is 0.808. The maximum Gasteiger partial charge on any atom is 0.138 e. The fraction of sp³-hybridized carbons (Fsp3) is 0.143. The van der Waals surface area contributed by atoms with Crippen molar-refractivity contribution in [2.45, 2.75) is 0 Å². The van der Waals surface area contributed by atoms with Crippen molar-refractivity contribution < 1.29 is 9.13 Å². The van der Waals surface area contributed by atoms with Gasteiger partial charge in [0.2, 0.25) is 0 Å². The summed E-state index contributed by atoms with van der Waals surface area (Å²) < 4.78 is 18.1. The first-order valence-electron chi connectivity index (χ1n) is 3.27. The minimum atomic E-state index is -0.497. The third kappa shape index (κ3) is 2.11. The third-order valence-corrected chi connectivity index (χ3v) is 1.98. The number of hydrogen-bond acceptors (Lipinski definition) is 2. The number of benzene rings is 1. The van der Waals surface area contributed by atoms with Crippen molar-refractivity contribution in [3.63, 3.8) is 0 Å². The summed E-state index contributed by atoms with van der Waals surface area (Å²) in [6.07, 6.45) is 0. The largest absolute Gasteiger partial charge is 0.496 e. The molecule has 0 aromatic heterocycles. The van der Waals surface area contributed by atoms with E-state index in [1.54, 1.807) is 0 Å². The molecule has 0 radical (unpaired) electrons. The molecule has 6 heteroatoms. The molecular weight excluding hydrogens is 241 g/mol. The number of nitrogens with zero attached hydrogens (tertiary/aromatic N) is 3. The Hall–Kier alpha value is -1.26. The molecule has 1 aromatic carbocycles. The van der Waals surface area contributed by atoms with Crippen molar-refractivity contribution in [1.29, 1.82) is 0 Å². The molecule has 0 aliphatic carbocycles. The summed E-state index contributed by atoms with van der Waals surface area (Å²) in [7, 11) is 1.41. The van der Waals surface area contributed by atoms with Crippen molar-refractivity contribution in [2.75, 3.05) is 7.11 Å². The van der Waals surface area contributed by atoms with Gasteiger partial charge in [0.05, 0.1) is 17.3 Å². The van der Waals surface area contributed by atoms with Crippen molar-refractivity contribution >= 4 is 21.6 Å². The van der Waals surface area contributed by atoms with E-state index in [2.05, 4.69) is 26.0 Å². The topological polar surface area (TPSA) is 58.0 Å². The Bertz CT molecular complexity index is 376. The summed E-state index contributed by atoms with van der Waals surface area (Å²) in [5, 5.41) is 3.27. The van der Waals surface area contributed by atoms with E-state index in [1.807, 2.05) is 0 Å². The molecule has 0 saturated carbocycles. The molecule has 0 bridgehead atoms. The smallest absolute Gasteiger partial charge is 0.138 e. The highest BCUT2D eigenvalue weighted by Gasteiger charge is 2.06. The molecule has 1 rings (SSSR count). The van der Waals surface area contributed by atoms with Gasteiger partial charge in [0.15, 0.2) is 0 Å². The van der Waals surface area contributed by atoms with E-state index in [1.165, 1.54) is 13.2 Å². The number of azide groups is 1. The lowest BCUT2D eigenvalue weighted by Crippen LogP contribution is -1.85. The second-order valence-corrected chi connectivity index (χ2v) is 2.98. The maximum atomic E-state index is 12.9. The molecule has 0 saturated heterocycles. The van der Waals surface area contributed by atoms with E-state index in [9.17, 15) is 4.39 Å². The van der Waals surface area contributed by atoms with Gasteiger partial charge in [-0.15, -0.1) is 0 Å². The minimum absolute atomic E-state index is 0.130. The lowest BCUT2D eigenvalue weighted by molar-refractivity contribution is 0.414. The van der Waals surface area contributed by atoms with Gasteiger partial charge in [-0.1, -0.05) is 5.11 Å². The Balaban J connectivity index is 3.32. The molecule has 0 aliphatic heterocycles. The fourth-order valence-corrected chi connectivity index (χ4v) is 1.13. The maximum absolute atomic E-state index is 12.9. The number of halogens is 2. The quantitative estimate of drug-likeness (QED) is 0.447. The van der Waals surface area contributed by atoms with Gasteiger partial charge in [-0.05, 0) is 33.6 Å². The predicted octanol–water partition coefficient (Wildman–Crippen LogP) is 3.54. The van der Waals surface area contributed by atoms with Gasteiger partial charge < -0.3 is 4.74 Å². The highest BCUT2D eigenvalue weighted by molar-refractivity contribution is 9.10. The summed E-state index contributed by atoms with van der Waals surface area (Å²) in [6, 6.07) is 2.50. The third-order valence-electron chi connectivity index (χ3n) is 1.37. The summed E-state index contributed by atoms with van der Waals surface area (Å²) >= 11 is 2.98. The molecule has 1 aromatic rings. The summed E-state index contributed by atoms with van der Waals surface area (Å²) in [6.45, 7) is 0. The molecule has 0 N–H and O–H groups in total. The molecule has 4 nitrogen and oxygen atoms in total. The summed E-state index contributed by atoms with van der Waals surface area (Å²) in [4.78, 5) is 2.55. The lowest BCUT2D eigenvalue weighted by Gasteiger charge is -2.04. The van der Waals surface area contributed by atoms with Gasteiger partial charge in [0.25, 0.3) is 0 Å². The second kappa shape index (κ2) is 4.11. The number of rotatable bonds is 2. The predicted molar refractivity (Wildman–Crippen MR) is 49.5 cm³/mol. The highest BCUT2D eigenvalue weighted by Crippen LogP contribution is 2.32. The van der Waals surface area contributed by atoms with Gasteiger partial charge in [-0.3, -0.25) is 0 Å². The van der Waals surface area contributed by atoms with Gasteiger partial charge in [0.1, 0.15) is 11.6 Å². The Morgan fingerprint density at radius 3 is 2.85 bits per heavy atom.